The fourth-order valence-corrected chi connectivity index (χ4v) is 2.87. The van der Waals surface area contributed by atoms with Crippen molar-refractivity contribution in [3.63, 3.8) is 0 Å². The largest absolute Gasteiger partial charge is 0.444 e. The zero-order chi connectivity index (χ0) is 17.6. The molecular weight excluding hydrogens is 290 g/mol. The van der Waals surface area contributed by atoms with Crippen LogP contribution in [0.5, 0.6) is 0 Å². The Hall–Kier alpha value is -0.810. The monoisotopic (exact) mass is 327 g/mol. The van der Waals surface area contributed by atoms with E-state index in [2.05, 4.69) is 38.2 Å². The smallest absolute Gasteiger partial charge is 0.410 e. The maximum atomic E-state index is 12.1. The van der Waals surface area contributed by atoms with Gasteiger partial charge in [-0.3, -0.25) is 0 Å². The standard InChI is InChI=1S/C18H37N3O2/c1-14(2)16(13-20(6)7)19-12-15-8-10-21(11-9-15)17(22)23-18(3,4)5/h14-16,19H,8-13H2,1-7H3. The van der Waals surface area contributed by atoms with Gasteiger partial charge in [0.2, 0.25) is 0 Å². The second-order valence-corrected chi connectivity index (χ2v) is 8.43. The molecule has 0 saturated carbocycles. The number of likely N-dealkylation sites (tertiary alicyclic amines) is 1. The lowest BCUT2D eigenvalue weighted by Gasteiger charge is -2.34. The van der Waals surface area contributed by atoms with E-state index in [0.717, 1.165) is 39.0 Å². The molecule has 1 aliphatic rings. The van der Waals surface area contributed by atoms with E-state index in [1.165, 1.54) is 0 Å². The molecule has 1 N–H and O–H groups in total. The molecule has 1 saturated heterocycles. The van der Waals surface area contributed by atoms with E-state index in [0.29, 0.717) is 17.9 Å². The molecule has 1 rings (SSSR count). The van der Waals surface area contributed by atoms with Gasteiger partial charge in [0.05, 0.1) is 0 Å². The van der Waals surface area contributed by atoms with Gasteiger partial charge in [-0.15, -0.1) is 0 Å². The summed E-state index contributed by atoms with van der Waals surface area (Å²) in [5.41, 5.74) is -0.411. The molecule has 0 aromatic heterocycles. The Morgan fingerprint density at radius 2 is 1.83 bits per heavy atom. The van der Waals surface area contributed by atoms with Crippen LogP contribution in [-0.2, 0) is 4.74 Å². The Morgan fingerprint density at radius 1 is 1.26 bits per heavy atom. The third-order valence-electron chi connectivity index (χ3n) is 4.30. The molecule has 23 heavy (non-hydrogen) atoms. The summed E-state index contributed by atoms with van der Waals surface area (Å²) >= 11 is 0. The van der Waals surface area contributed by atoms with Gasteiger partial charge in [-0.25, -0.2) is 4.79 Å². The van der Waals surface area contributed by atoms with Crippen LogP contribution < -0.4 is 5.32 Å². The SMILES string of the molecule is CC(C)C(CN(C)C)NCC1CCN(C(=O)OC(C)(C)C)CC1. The first-order valence-corrected chi connectivity index (χ1v) is 8.94. The van der Waals surface area contributed by atoms with Crippen LogP contribution in [-0.4, -0.2) is 67.8 Å². The van der Waals surface area contributed by atoms with Gasteiger partial charge in [0.15, 0.2) is 0 Å². The summed E-state index contributed by atoms with van der Waals surface area (Å²) in [6, 6.07) is 0.522. The van der Waals surface area contributed by atoms with Crippen molar-refractivity contribution in [2.75, 3.05) is 40.3 Å². The van der Waals surface area contributed by atoms with Crippen LogP contribution in [0.1, 0.15) is 47.5 Å². The van der Waals surface area contributed by atoms with E-state index in [-0.39, 0.29) is 6.09 Å². The van der Waals surface area contributed by atoms with Crippen LogP contribution >= 0.6 is 0 Å². The lowest BCUT2D eigenvalue weighted by Crippen LogP contribution is -2.47. The highest BCUT2D eigenvalue weighted by molar-refractivity contribution is 5.68. The van der Waals surface area contributed by atoms with Crippen LogP contribution in [0.2, 0.25) is 0 Å². The minimum atomic E-state index is -0.411. The van der Waals surface area contributed by atoms with Crippen LogP contribution in [0.3, 0.4) is 0 Å². The van der Waals surface area contributed by atoms with Crippen molar-refractivity contribution in [2.24, 2.45) is 11.8 Å². The van der Waals surface area contributed by atoms with Crippen molar-refractivity contribution in [1.82, 2.24) is 15.1 Å². The fraction of sp³-hybridized carbons (Fsp3) is 0.944. The van der Waals surface area contributed by atoms with Gasteiger partial charge in [0, 0.05) is 25.7 Å². The first-order valence-electron chi connectivity index (χ1n) is 8.94. The highest BCUT2D eigenvalue weighted by Crippen LogP contribution is 2.19. The predicted molar refractivity (Wildman–Crippen MR) is 95.7 cm³/mol. The normalized spacial score (nSPS) is 18.6. The number of likely N-dealkylation sites (N-methyl/N-ethyl adjacent to an activating group) is 1. The molecule has 0 radical (unpaired) electrons. The Kier molecular flexibility index (Phi) is 7.81. The first kappa shape index (κ1) is 20.2. The molecule has 1 atom stereocenters. The van der Waals surface area contributed by atoms with Crippen molar-refractivity contribution in [2.45, 2.75) is 59.1 Å². The van der Waals surface area contributed by atoms with Crippen molar-refractivity contribution >= 4 is 6.09 Å². The van der Waals surface area contributed by atoms with Gasteiger partial charge in [-0.2, -0.15) is 0 Å². The van der Waals surface area contributed by atoms with Gasteiger partial charge >= 0.3 is 6.09 Å². The Balaban J connectivity index is 2.34. The van der Waals surface area contributed by atoms with Crippen molar-refractivity contribution < 1.29 is 9.53 Å². The van der Waals surface area contributed by atoms with E-state index in [1.54, 1.807) is 0 Å². The highest BCUT2D eigenvalue weighted by atomic mass is 16.6. The maximum absolute atomic E-state index is 12.1. The summed E-state index contributed by atoms with van der Waals surface area (Å²) in [5, 5.41) is 3.73. The van der Waals surface area contributed by atoms with Crippen LogP contribution in [0.15, 0.2) is 0 Å². The summed E-state index contributed by atoms with van der Waals surface area (Å²) in [6.07, 6.45) is 1.94. The number of amides is 1. The van der Waals surface area contributed by atoms with E-state index >= 15 is 0 Å². The van der Waals surface area contributed by atoms with Crippen molar-refractivity contribution in [3.8, 4) is 0 Å². The number of rotatable bonds is 6. The van der Waals surface area contributed by atoms with Gasteiger partial charge < -0.3 is 19.9 Å². The van der Waals surface area contributed by atoms with Crippen molar-refractivity contribution in [3.05, 3.63) is 0 Å². The quantitative estimate of drug-likeness (QED) is 0.815. The minimum Gasteiger partial charge on any atom is -0.444 e. The molecule has 5 nitrogen and oxygen atoms in total. The number of ether oxygens (including phenoxy) is 1. The fourth-order valence-electron chi connectivity index (χ4n) is 2.87. The summed E-state index contributed by atoms with van der Waals surface area (Å²) in [6.45, 7) is 14.0. The summed E-state index contributed by atoms with van der Waals surface area (Å²) in [7, 11) is 4.24. The molecule has 0 aliphatic carbocycles. The summed E-state index contributed by atoms with van der Waals surface area (Å²) in [4.78, 5) is 16.2. The molecule has 1 unspecified atom stereocenters. The molecule has 0 aromatic rings. The summed E-state index contributed by atoms with van der Waals surface area (Å²) < 4.78 is 5.45. The van der Waals surface area contributed by atoms with Gasteiger partial charge in [-0.05, 0) is 66.1 Å². The molecule has 1 aliphatic heterocycles. The molecule has 1 fully saturated rings. The van der Waals surface area contributed by atoms with E-state index < -0.39 is 5.60 Å². The zero-order valence-corrected chi connectivity index (χ0v) is 16.2. The molecule has 0 aromatic carbocycles. The van der Waals surface area contributed by atoms with Crippen LogP contribution in [0, 0.1) is 11.8 Å². The van der Waals surface area contributed by atoms with Crippen molar-refractivity contribution in [1.29, 1.82) is 0 Å². The summed E-state index contributed by atoms with van der Waals surface area (Å²) in [5.74, 6) is 1.27. The van der Waals surface area contributed by atoms with Crippen LogP contribution in [0.4, 0.5) is 4.79 Å². The maximum Gasteiger partial charge on any atom is 0.410 e. The average molecular weight is 328 g/mol. The molecule has 1 amide bonds. The Bertz CT molecular complexity index is 356. The van der Waals surface area contributed by atoms with Crippen LogP contribution in [0.25, 0.3) is 0 Å². The molecule has 136 valence electrons. The third-order valence-corrected chi connectivity index (χ3v) is 4.30. The third kappa shape index (κ3) is 8.02. The van der Waals surface area contributed by atoms with E-state index in [1.807, 2.05) is 25.7 Å². The Morgan fingerprint density at radius 3 is 2.26 bits per heavy atom. The van der Waals surface area contributed by atoms with Gasteiger partial charge in [0.25, 0.3) is 0 Å². The first-order chi connectivity index (χ1) is 10.6. The second-order valence-electron chi connectivity index (χ2n) is 8.43. The average Bonchev–Trinajstić information content (AvgIpc) is 2.41. The molecule has 1 heterocycles. The molecule has 5 heteroatoms. The number of carbonyl (C=O) groups excluding carboxylic acids is 1. The lowest BCUT2D eigenvalue weighted by molar-refractivity contribution is 0.0182. The number of nitrogens with zero attached hydrogens (tertiary/aromatic N) is 2. The minimum absolute atomic E-state index is 0.170. The number of hydrogen-bond donors (Lipinski definition) is 1. The predicted octanol–water partition coefficient (Wildman–Crippen LogP) is 2.81. The number of carbonyl (C=O) groups is 1. The molecule has 0 bridgehead atoms. The number of piperidine rings is 1. The zero-order valence-electron chi connectivity index (χ0n) is 16.2. The number of nitrogens with one attached hydrogen (secondary N) is 1. The van der Waals surface area contributed by atoms with Gasteiger partial charge in [-0.1, -0.05) is 13.8 Å². The Labute approximate surface area is 142 Å². The topological polar surface area (TPSA) is 44.8 Å². The second kappa shape index (κ2) is 8.88. The van der Waals surface area contributed by atoms with E-state index in [4.69, 9.17) is 4.74 Å². The van der Waals surface area contributed by atoms with Gasteiger partial charge in [0.1, 0.15) is 5.60 Å². The molecule has 0 spiro atoms. The number of hydrogen-bond acceptors (Lipinski definition) is 4. The van der Waals surface area contributed by atoms with E-state index in [9.17, 15) is 4.79 Å². The highest BCUT2D eigenvalue weighted by Gasteiger charge is 2.27. The molecular formula is C18H37N3O2. The lowest BCUT2D eigenvalue weighted by atomic mass is 9.95.